The Bertz CT molecular complexity index is 655. The number of carbonyl (C=O) groups is 1. The second kappa shape index (κ2) is 5.69. The summed E-state index contributed by atoms with van der Waals surface area (Å²) in [5.41, 5.74) is 2.72. The molecule has 4 heteroatoms. The lowest BCUT2D eigenvalue weighted by atomic mass is 10.1. The van der Waals surface area contributed by atoms with Crippen molar-refractivity contribution in [3.8, 4) is 23.1 Å². The maximum absolute atomic E-state index is 10.7. The topological polar surface area (TPSA) is 62.2 Å². The number of anilines is 1. The molecule has 4 nitrogen and oxygen atoms in total. The standard InChI is InChI=1S/C15H12N2O2/c1-2-6-12-9-13(11-7-4-3-5-8-11)16-10-14(12)17-15(18)19/h3-5,7-10,17H,1H3,(H,18,19). The summed E-state index contributed by atoms with van der Waals surface area (Å²) in [6.45, 7) is 1.70. The first-order chi connectivity index (χ1) is 9.20. The molecule has 94 valence electrons. The summed E-state index contributed by atoms with van der Waals surface area (Å²) in [5, 5.41) is 11.0. The van der Waals surface area contributed by atoms with Crippen molar-refractivity contribution in [2.75, 3.05) is 5.32 Å². The lowest BCUT2D eigenvalue weighted by Gasteiger charge is -2.06. The van der Waals surface area contributed by atoms with Gasteiger partial charge in [0.15, 0.2) is 0 Å². The van der Waals surface area contributed by atoms with Gasteiger partial charge in [0, 0.05) is 5.56 Å². The number of amides is 1. The van der Waals surface area contributed by atoms with E-state index in [0.29, 0.717) is 11.3 Å². The Hall–Kier alpha value is -2.80. The molecule has 1 aromatic carbocycles. The Morgan fingerprint density at radius 1 is 1.32 bits per heavy atom. The highest BCUT2D eigenvalue weighted by atomic mass is 16.4. The van der Waals surface area contributed by atoms with Gasteiger partial charge in [-0.05, 0) is 13.0 Å². The maximum Gasteiger partial charge on any atom is 0.409 e. The number of nitrogens with zero attached hydrogens (tertiary/aromatic N) is 1. The van der Waals surface area contributed by atoms with Crippen molar-refractivity contribution in [1.82, 2.24) is 4.98 Å². The smallest absolute Gasteiger partial charge is 0.409 e. The van der Waals surface area contributed by atoms with Crippen LogP contribution in [0.4, 0.5) is 10.5 Å². The zero-order valence-corrected chi connectivity index (χ0v) is 10.3. The van der Waals surface area contributed by atoms with E-state index in [-0.39, 0.29) is 0 Å². The van der Waals surface area contributed by atoms with Crippen LogP contribution < -0.4 is 5.32 Å². The third-order valence-electron chi connectivity index (χ3n) is 2.47. The minimum Gasteiger partial charge on any atom is -0.465 e. The molecule has 1 amide bonds. The van der Waals surface area contributed by atoms with Crippen molar-refractivity contribution in [1.29, 1.82) is 0 Å². The molecule has 2 rings (SSSR count). The van der Waals surface area contributed by atoms with Gasteiger partial charge >= 0.3 is 6.09 Å². The van der Waals surface area contributed by atoms with Crippen molar-refractivity contribution in [2.45, 2.75) is 6.92 Å². The number of benzene rings is 1. The van der Waals surface area contributed by atoms with Crippen LogP contribution in [0.1, 0.15) is 12.5 Å². The average Bonchev–Trinajstić information content (AvgIpc) is 2.41. The van der Waals surface area contributed by atoms with E-state index < -0.39 is 6.09 Å². The molecule has 2 aromatic rings. The summed E-state index contributed by atoms with van der Waals surface area (Å²) >= 11 is 0. The molecule has 1 aromatic heterocycles. The SMILES string of the molecule is CC#Cc1cc(-c2ccccc2)ncc1NC(=O)O. The quantitative estimate of drug-likeness (QED) is 0.807. The molecule has 0 saturated carbocycles. The van der Waals surface area contributed by atoms with Crippen LogP contribution in [-0.4, -0.2) is 16.2 Å². The summed E-state index contributed by atoms with van der Waals surface area (Å²) < 4.78 is 0. The highest BCUT2D eigenvalue weighted by molar-refractivity contribution is 5.85. The van der Waals surface area contributed by atoms with Gasteiger partial charge in [-0.3, -0.25) is 10.3 Å². The van der Waals surface area contributed by atoms with Crippen LogP contribution >= 0.6 is 0 Å². The van der Waals surface area contributed by atoms with Gasteiger partial charge in [-0.2, -0.15) is 0 Å². The van der Waals surface area contributed by atoms with Crippen LogP contribution in [0, 0.1) is 11.8 Å². The van der Waals surface area contributed by atoms with E-state index in [0.717, 1.165) is 11.3 Å². The summed E-state index contributed by atoms with van der Waals surface area (Å²) in [6, 6.07) is 11.4. The zero-order chi connectivity index (χ0) is 13.7. The van der Waals surface area contributed by atoms with Gasteiger partial charge in [-0.1, -0.05) is 36.3 Å². The monoisotopic (exact) mass is 252 g/mol. The molecule has 0 bridgehead atoms. The van der Waals surface area contributed by atoms with Crippen LogP contribution in [0.25, 0.3) is 11.3 Å². The molecule has 2 N–H and O–H groups in total. The van der Waals surface area contributed by atoms with Gasteiger partial charge < -0.3 is 5.11 Å². The van der Waals surface area contributed by atoms with Crippen LogP contribution in [0.2, 0.25) is 0 Å². The number of hydrogen-bond donors (Lipinski definition) is 2. The molecule has 0 unspecified atom stereocenters. The van der Waals surface area contributed by atoms with Crippen molar-refractivity contribution < 1.29 is 9.90 Å². The first kappa shape index (κ1) is 12.7. The molecule has 0 aliphatic rings. The molecule has 19 heavy (non-hydrogen) atoms. The number of aromatic nitrogens is 1. The molecular formula is C15H12N2O2. The number of carboxylic acid groups (broad SMARTS) is 1. The number of rotatable bonds is 2. The predicted molar refractivity (Wildman–Crippen MR) is 73.9 cm³/mol. The molecule has 0 fully saturated rings. The Labute approximate surface area is 111 Å². The molecule has 0 aliphatic carbocycles. The second-order valence-corrected chi connectivity index (χ2v) is 3.79. The largest absolute Gasteiger partial charge is 0.465 e. The fourth-order valence-corrected chi connectivity index (χ4v) is 1.68. The predicted octanol–water partition coefficient (Wildman–Crippen LogP) is 3.21. The van der Waals surface area contributed by atoms with E-state index in [2.05, 4.69) is 22.1 Å². The molecular weight excluding hydrogens is 240 g/mol. The summed E-state index contributed by atoms with van der Waals surface area (Å²) in [5.74, 6) is 5.64. The first-order valence-electron chi connectivity index (χ1n) is 5.69. The molecule has 1 heterocycles. The fourth-order valence-electron chi connectivity index (χ4n) is 1.68. The Kier molecular flexibility index (Phi) is 3.79. The summed E-state index contributed by atoms with van der Waals surface area (Å²) in [6.07, 6.45) is 0.351. The molecule has 0 saturated heterocycles. The maximum atomic E-state index is 10.7. The number of nitrogens with one attached hydrogen (secondary N) is 1. The summed E-state index contributed by atoms with van der Waals surface area (Å²) in [7, 11) is 0. The van der Waals surface area contributed by atoms with Gasteiger partial charge in [0.25, 0.3) is 0 Å². The zero-order valence-electron chi connectivity index (χ0n) is 10.3. The highest BCUT2D eigenvalue weighted by Gasteiger charge is 2.07. The minimum absolute atomic E-state index is 0.390. The van der Waals surface area contributed by atoms with Gasteiger partial charge in [0.1, 0.15) is 0 Å². The highest BCUT2D eigenvalue weighted by Crippen LogP contribution is 2.22. The Balaban J connectivity index is 2.46. The lowest BCUT2D eigenvalue weighted by Crippen LogP contribution is -2.09. The Morgan fingerprint density at radius 2 is 2.05 bits per heavy atom. The average molecular weight is 252 g/mol. The molecule has 0 spiro atoms. The van der Waals surface area contributed by atoms with Crippen LogP contribution in [-0.2, 0) is 0 Å². The molecule has 0 aliphatic heterocycles. The van der Waals surface area contributed by atoms with Gasteiger partial charge in [-0.25, -0.2) is 4.79 Å². The third kappa shape index (κ3) is 3.11. The third-order valence-corrected chi connectivity index (χ3v) is 2.47. The van der Waals surface area contributed by atoms with Crippen molar-refractivity contribution in [3.05, 3.63) is 48.2 Å². The van der Waals surface area contributed by atoms with Crippen molar-refractivity contribution >= 4 is 11.8 Å². The minimum atomic E-state index is -1.13. The van der Waals surface area contributed by atoms with E-state index in [9.17, 15) is 4.79 Å². The first-order valence-corrected chi connectivity index (χ1v) is 5.69. The van der Waals surface area contributed by atoms with Crippen LogP contribution in [0.3, 0.4) is 0 Å². The number of hydrogen-bond acceptors (Lipinski definition) is 2. The van der Waals surface area contributed by atoms with E-state index in [1.807, 2.05) is 30.3 Å². The fraction of sp³-hybridized carbons (Fsp3) is 0.0667. The van der Waals surface area contributed by atoms with E-state index in [1.54, 1.807) is 13.0 Å². The second-order valence-electron chi connectivity index (χ2n) is 3.79. The Morgan fingerprint density at radius 3 is 2.68 bits per heavy atom. The lowest BCUT2D eigenvalue weighted by molar-refractivity contribution is 0.209. The van der Waals surface area contributed by atoms with E-state index >= 15 is 0 Å². The van der Waals surface area contributed by atoms with Crippen molar-refractivity contribution in [3.63, 3.8) is 0 Å². The van der Waals surface area contributed by atoms with E-state index in [1.165, 1.54) is 6.20 Å². The number of pyridine rings is 1. The van der Waals surface area contributed by atoms with E-state index in [4.69, 9.17) is 5.11 Å². The molecule has 0 radical (unpaired) electrons. The molecule has 0 atom stereocenters. The van der Waals surface area contributed by atoms with Crippen LogP contribution in [0.15, 0.2) is 42.6 Å². The van der Waals surface area contributed by atoms with Crippen molar-refractivity contribution in [2.24, 2.45) is 0 Å². The van der Waals surface area contributed by atoms with Crippen LogP contribution in [0.5, 0.6) is 0 Å². The van der Waals surface area contributed by atoms with Gasteiger partial charge in [0.05, 0.1) is 23.1 Å². The normalized spacial score (nSPS) is 9.32. The van der Waals surface area contributed by atoms with Gasteiger partial charge in [-0.15, -0.1) is 5.92 Å². The van der Waals surface area contributed by atoms with Gasteiger partial charge in [0.2, 0.25) is 0 Å². The summed E-state index contributed by atoms with van der Waals surface area (Å²) in [4.78, 5) is 14.9.